The second kappa shape index (κ2) is 7.97. The second-order valence-electron chi connectivity index (χ2n) is 5.11. The van der Waals surface area contributed by atoms with E-state index in [0.29, 0.717) is 17.1 Å². The number of hydrogen-bond acceptors (Lipinski definition) is 4. The summed E-state index contributed by atoms with van der Waals surface area (Å²) in [4.78, 5) is 12.5. The summed E-state index contributed by atoms with van der Waals surface area (Å²) in [7, 11) is 0. The first-order chi connectivity index (χ1) is 12.1. The maximum absolute atomic E-state index is 12.5. The van der Waals surface area contributed by atoms with E-state index >= 15 is 0 Å². The molecule has 3 aromatic carbocycles. The Bertz CT molecular complexity index is 827. The highest BCUT2D eigenvalue weighted by atomic mass is 32.5. The van der Waals surface area contributed by atoms with Gasteiger partial charge in [0.2, 0.25) is 0 Å². The first-order valence-electron chi connectivity index (χ1n) is 7.62. The minimum atomic E-state index is -3.15. The summed E-state index contributed by atoms with van der Waals surface area (Å²) in [5.74, 6) is 0.737. The number of benzene rings is 3. The van der Waals surface area contributed by atoms with Gasteiger partial charge in [0.25, 0.3) is 5.91 Å². The molecule has 0 bridgehead atoms. The lowest BCUT2D eigenvalue weighted by Crippen LogP contribution is -2.25. The van der Waals surface area contributed by atoms with Crippen molar-refractivity contribution in [3.63, 3.8) is 0 Å². The molecule has 0 fully saturated rings. The Morgan fingerprint density at radius 2 is 1.12 bits per heavy atom. The van der Waals surface area contributed by atoms with E-state index in [1.807, 2.05) is 42.5 Å². The van der Waals surface area contributed by atoms with E-state index in [2.05, 4.69) is 5.09 Å². The molecule has 0 spiro atoms. The molecule has 0 aliphatic heterocycles. The van der Waals surface area contributed by atoms with Gasteiger partial charge in [-0.25, -0.2) is 0 Å². The number of carbonyl (C=O) groups excluding carboxylic acids is 1. The Labute approximate surface area is 151 Å². The number of hydrogen-bond donors (Lipinski definition) is 1. The molecule has 3 aromatic rings. The summed E-state index contributed by atoms with van der Waals surface area (Å²) in [6.45, 7) is -3.15. The third-order valence-electron chi connectivity index (χ3n) is 3.21. The largest absolute Gasteiger partial charge is 0.421 e. The van der Waals surface area contributed by atoms with Crippen LogP contribution in [0, 0.1) is 0 Å². The van der Waals surface area contributed by atoms with Crippen molar-refractivity contribution >= 4 is 24.4 Å². The van der Waals surface area contributed by atoms with Crippen LogP contribution in [-0.4, -0.2) is 5.91 Å². The van der Waals surface area contributed by atoms with E-state index in [9.17, 15) is 4.79 Å². The highest BCUT2D eigenvalue weighted by Crippen LogP contribution is 2.45. The Kier molecular flexibility index (Phi) is 5.49. The fraction of sp³-hybridized carbons (Fsp3) is 0. The average Bonchev–Trinajstić information content (AvgIpc) is 2.64. The molecule has 0 aliphatic rings. The van der Waals surface area contributed by atoms with Crippen molar-refractivity contribution in [2.45, 2.75) is 0 Å². The second-order valence-corrected chi connectivity index (χ2v) is 8.14. The SMILES string of the molecule is O=C(NP(=S)(Oc1ccccc1)Oc1ccccc1)c1ccccc1. The number of nitrogens with one attached hydrogen (secondary N) is 1. The van der Waals surface area contributed by atoms with Crippen molar-refractivity contribution in [2.75, 3.05) is 0 Å². The monoisotopic (exact) mass is 369 g/mol. The van der Waals surface area contributed by atoms with Crippen LogP contribution in [0.3, 0.4) is 0 Å². The zero-order valence-corrected chi connectivity index (χ0v) is 15.0. The molecule has 6 heteroatoms. The third kappa shape index (κ3) is 4.92. The summed E-state index contributed by atoms with van der Waals surface area (Å²) in [6.07, 6.45) is 0. The Hall–Kier alpha value is -2.62. The molecule has 4 nitrogen and oxygen atoms in total. The lowest BCUT2D eigenvalue weighted by atomic mass is 10.2. The molecule has 1 amide bonds. The summed E-state index contributed by atoms with van der Waals surface area (Å²) in [5.41, 5.74) is 0.491. The van der Waals surface area contributed by atoms with E-state index in [-0.39, 0.29) is 5.91 Å². The first-order valence-corrected chi connectivity index (χ1v) is 10.3. The molecule has 25 heavy (non-hydrogen) atoms. The number of para-hydroxylation sites is 2. The fourth-order valence-electron chi connectivity index (χ4n) is 2.08. The van der Waals surface area contributed by atoms with Crippen molar-refractivity contribution in [2.24, 2.45) is 0 Å². The van der Waals surface area contributed by atoms with E-state index in [4.69, 9.17) is 20.9 Å². The molecular formula is C19H16NO3PS. The quantitative estimate of drug-likeness (QED) is 0.634. The maximum Gasteiger partial charge on any atom is 0.395 e. The zero-order valence-electron chi connectivity index (χ0n) is 13.2. The van der Waals surface area contributed by atoms with Crippen molar-refractivity contribution in [1.82, 2.24) is 5.09 Å². The molecule has 3 rings (SSSR count). The summed E-state index contributed by atoms with van der Waals surface area (Å²) in [5, 5.41) is 2.75. The van der Waals surface area contributed by atoms with Crippen LogP contribution in [0.4, 0.5) is 0 Å². The van der Waals surface area contributed by atoms with Gasteiger partial charge in [-0.15, -0.1) is 0 Å². The smallest absolute Gasteiger partial charge is 0.395 e. The predicted molar refractivity (Wildman–Crippen MR) is 102 cm³/mol. The molecule has 0 aliphatic carbocycles. The van der Waals surface area contributed by atoms with Crippen LogP contribution in [0.2, 0.25) is 0 Å². The summed E-state index contributed by atoms with van der Waals surface area (Å²) in [6, 6.07) is 27.0. The van der Waals surface area contributed by atoms with Gasteiger partial charge >= 0.3 is 6.64 Å². The predicted octanol–water partition coefficient (Wildman–Crippen LogP) is 4.80. The molecule has 0 unspecified atom stereocenters. The summed E-state index contributed by atoms with van der Waals surface area (Å²) < 4.78 is 11.7. The molecule has 1 N–H and O–H groups in total. The zero-order chi connectivity index (χ0) is 17.5. The minimum absolute atomic E-state index is 0.337. The van der Waals surface area contributed by atoms with Crippen molar-refractivity contribution in [1.29, 1.82) is 0 Å². The van der Waals surface area contributed by atoms with Gasteiger partial charge in [0.05, 0.1) is 0 Å². The lowest BCUT2D eigenvalue weighted by Gasteiger charge is -2.24. The highest BCUT2D eigenvalue weighted by molar-refractivity contribution is 8.09. The molecular weight excluding hydrogens is 353 g/mol. The van der Waals surface area contributed by atoms with Crippen LogP contribution in [0.5, 0.6) is 11.5 Å². The Morgan fingerprint density at radius 3 is 1.56 bits per heavy atom. The minimum Gasteiger partial charge on any atom is -0.421 e. The molecule has 0 heterocycles. The Morgan fingerprint density at radius 1 is 0.720 bits per heavy atom. The number of carbonyl (C=O) groups is 1. The van der Waals surface area contributed by atoms with Crippen LogP contribution >= 0.6 is 6.64 Å². The fourth-order valence-corrected chi connectivity index (χ4v) is 4.15. The van der Waals surface area contributed by atoms with Gasteiger partial charge in [0.15, 0.2) is 0 Å². The third-order valence-corrected chi connectivity index (χ3v) is 5.31. The van der Waals surface area contributed by atoms with Gasteiger partial charge in [-0.1, -0.05) is 54.6 Å². The highest BCUT2D eigenvalue weighted by Gasteiger charge is 2.26. The van der Waals surface area contributed by atoms with E-state index < -0.39 is 6.64 Å². The van der Waals surface area contributed by atoms with E-state index in [0.717, 1.165) is 0 Å². The number of rotatable bonds is 6. The molecule has 0 saturated heterocycles. The van der Waals surface area contributed by atoms with Crippen LogP contribution in [-0.2, 0) is 11.8 Å². The van der Waals surface area contributed by atoms with Gasteiger partial charge in [-0.3, -0.25) is 9.88 Å². The van der Waals surface area contributed by atoms with E-state index in [1.54, 1.807) is 48.5 Å². The van der Waals surface area contributed by atoms with Gasteiger partial charge in [0.1, 0.15) is 11.5 Å². The van der Waals surface area contributed by atoms with E-state index in [1.165, 1.54) is 0 Å². The average molecular weight is 369 g/mol. The van der Waals surface area contributed by atoms with Gasteiger partial charge < -0.3 is 9.05 Å². The lowest BCUT2D eigenvalue weighted by molar-refractivity contribution is 0.0977. The molecule has 0 atom stereocenters. The van der Waals surface area contributed by atoms with Crippen molar-refractivity contribution in [3.05, 3.63) is 96.6 Å². The van der Waals surface area contributed by atoms with Gasteiger partial charge in [0, 0.05) is 17.4 Å². The van der Waals surface area contributed by atoms with Gasteiger partial charge in [-0.2, -0.15) is 0 Å². The normalized spacial score (nSPS) is 10.7. The standard InChI is InChI=1S/C19H16NO3PS/c21-19(16-10-4-1-5-11-16)20-24(25,22-17-12-6-2-7-13-17)23-18-14-8-3-9-15-18/h1-15H,(H,20,21,25). The summed E-state index contributed by atoms with van der Waals surface area (Å²) >= 11 is 5.58. The van der Waals surface area contributed by atoms with Crippen LogP contribution in [0.15, 0.2) is 91.0 Å². The van der Waals surface area contributed by atoms with Crippen LogP contribution < -0.4 is 14.1 Å². The topological polar surface area (TPSA) is 47.6 Å². The van der Waals surface area contributed by atoms with Crippen LogP contribution in [0.25, 0.3) is 0 Å². The molecule has 0 aromatic heterocycles. The maximum atomic E-state index is 12.5. The first kappa shape index (κ1) is 17.2. The van der Waals surface area contributed by atoms with Crippen molar-refractivity contribution < 1.29 is 13.8 Å². The molecule has 0 radical (unpaired) electrons. The number of amides is 1. The van der Waals surface area contributed by atoms with Crippen LogP contribution in [0.1, 0.15) is 10.4 Å². The van der Waals surface area contributed by atoms with Gasteiger partial charge in [-0.05, 0) is 36.4 Å². The molecule has 0 saturated carbocycles. The van der Waals surface area contributed by atoms with Crippen molar-refractivity contribution in [3.8, 4) is 11.5 Å². The Balaban J connectivity index is 1.85. The molecule has 126 valence electrons.